The molecule has 0 saturated heterocycles. The second-order valence-electron chi connectivity index (χ2n) is 4.51. The number of hydrogen-bond donors (Lipinski definition) is 1. The smallest absolute Gasteiger partial charge is 0.146 e. The van der Waals surface area contributed by atoms with Crippen molar-refractivity contribution >= 4 is 17.4 Å². The molecule has 0 saturated carbocycles. The summed E-state index contributed by atoms with van der Waals surface area (Å²) < 4.78 is 13.6. The normalized spacial score (nSPS) is 11.8. The zero-order valence-electron chi connectivity index (χ0n) is 11.1. The molecule has 1 unspecified atom stereocenters. The monoisotopic (exact) mass is 289 g/mol. The fourth-order valence-electron chi connectivity index (χ4n) is 1.80. The van der Waals surface area contributed by atoms with Crippen LogP contribution in [0.15, 0.2) is 30.5 Å². The number of benzene rings is 1. The van der Waals surface area contributed by atoms with Crippen LogP contribution in [-0.4, -0.2) is 4.98 Å². The molecule has 1 N–H and O–H groups in total. The van der Waals surface area contributed by atoms with Gasteiger partial charge in [0.05, 0.1) is 11.6 Å². The van der Waals surface area contributed by atoms with Crippen molar-refractivity contribution < 1.29 is 4.39 Å². The molecule has 102 valence electrons. The largest absolute Gasteiger partial charge is 0.362 e. The third-order valence-electron chi connectivity index (χ3n) is 3.06. The Labute approximate surface area is 122 Å². The van der Waals surface area contributed by atoms with Crippen LogP contribution in [0, 0.1) is 24.1 Å². The minimum atomic E-state index is -0.249. The number of rotatable bonds is 3. The summed E-state index contributed by atoms with van der Waals surface area (Å²) in [5.74, 6) is 0.167. The summed E-state index contributed by atoms with van der Waals surface area (Å²) in [5.41, 5.74) is 1.74. The number of aryl methyl sites for hydroxylation is 1. The highest BCUT2D eigenvalue weighted by atomic mass is 35.5. The first-order valence-electron chi connectivity index (χ1n) is 6.10. The van der Waals surface area contributed by atoms with Gasteiger partial charge in [0.15, 0.2) is 0 Å². The molecule has 0 amide bonds. The number of nitrogens with zero attached hydrogens (tertiary/aromatic N) is 2. The molecule has 1 heterocycles. The van der Waals surface area contributed by atoms with Gasteiger partial charge in [-0.2, -0.15) is 5.26 Å². The first-order valence-corrected chi connectivity index (χ1v) is 6.48. The second kappa shape index (κ2) is 5.89. The molecule has 1 aromatic carbocycles. The van der Waals surface area contributed by atoms with Crippen molar-refractivity contribution in [2.24, 2.45) is 0 Å². The highest BCUT2D eigenvalue weighted by Crippen LogP contribution is 2.27. The van der Waals surface area contributed by atoms with Gasteiger partial charge in [-0.3, -0.25) is 0 Å². The van der Waals surface area contributed by atoms with Crippen molar-refractivity contribution in [1.29, 1.82) is 5.26 Å². The summed E-state index contributed by atoms with van der Waals surface area (Å²) in [7, 11) is 0. The van der Waals surface area contributed by atoms with E-state index in [4.69, 9.17) is 16.9 Å². The highest BCUT2D eigenvalue weighted by Gasteiger charge is 2.12. The van der Waals surface area contributed by atoms with Crippen LogP contribution in [0.2, 0.25) is 5.02 Å². The van der Waals surface area contributed by atoms with Crippen molar-refractivity contribution in [2.45, 2.75) is 19.9 Å². The number of nitrogens with one attached hydrogen (secondary N) is 1. The Balaban J connectivity index is 2.26. The van der Waals surface area contributed by atoms with Gasteiger partial charge in [0, 0.05) is 6.20 Å². The Morgan fingerprint density at radius 2 is 2.15 bits per heavy atom. The van der Waals surface area contributed by atoms with Gasteiger partial charge in [0.2, 0.25) is 0 Å². The average Bonchev–Trinajstić information content (AvgIpc) is 2.44. The molecule has 0 spiro atoms. The molecule has 3 nitrogen and oxygen atoms in total. The lowest BCUT2D eigenvalue weighted by Gasteiger charge is -2.16. The lowest BCUT2D eigenvalue weighted by molar-refractivity contribution is 0.614. The summed E-state index contributed by atoms with van der Waals surface area (Å²) in [4.78, 5) is 4.10. The second-order valence-corrected chi connectivity index (χ2v) is 4.89. The molecular weight excluding hydrogens is 277 g/mol. The van der Waals surface area contributed by atoms with E-state index >= 15 is 0 Å². The van der Waals surface area contributed by atoms with E-state index in [0.29, 0.717) is 16.9 Å². The SMILES string of the molecule is Cc1ccc(C(C)Nc2nccc(C#N)c2Cl)cc1F. The van der Waals surface area contributed by atoms with Crippen LogP contribution < -0.4 is 5.32 Å². The van der Waals surface area contributed by atoms with E-state index in [1.54, 1.807) is 19.1 Å². The maximum Gasteiger partial charge on any atom is 0.146 e. The molecule has 1 atom stereocenters. The lowest BCUT2D eigenvalue weighted by atomic mass is 10.1. The van der Waals surface area contributed by atoms with Crippen LogP contribution in [0.5, 0.6) is 0 Å². The van der Waals surface area contributed by atoms with E-state index in [2.05, 4.69) is 10.3 Å². The van der Waals surface area contributed by atoms with E-state index in [0.717, 1.165) is 5.56 Å². The van der Waals surface area contributed by atoms with Gasteiger partial charge < -0.3 is 5.32 Å². The molecule has 2 aromatic rings. The van der Waals surface area contributed by atoms with E-state index in [1.165, 1.54) is 12.3 Å². The minimum absolute atomic E-state index is 0.177. The van der Waals surface area contributed by atoms with Crippen LogP contribution in [-0.2, 0) is 0 Å². The standard InChI is InChI=1S/C15H13ClFN3/c1-9-3-4-11(7-13(9)17)10(2)20-15-14(16)12(8-18)5-6-19-15/h3-7,10H,1-2H3,(H,19,20). The van der Waals surface area contributed by atoms with Crippen LogP contribution >= 0.6 is 11.6 Å². The van der Waals surface area contributed by atoms with Crippen LogP contribution in [0.25, 0.3) is 0 Å². The lowest BCUT2D eigenvalue weighted by Crippen LogP contribution is -2.09. The molecule has 2 rings (SSSR count). The molecule has 0 aliphatic heterocycles. The van der Waals surface area contributed by atoms with Gasteiger partial charge >= 0.3 is 0 Å². The van der Waals surface area contributed by atoms with E-state index in [9.17, 15) is 4.39 Å². The summed E-state index contributed by atoms with van der Waals surface area (Å²) in [6, 6.07) is 8.41. The average molecular weight is 290 g/mol. The maximum atomic E-state index is 13.6. The van der Waals surface area contributed by atoms with Gasteiger partial charge in [-0.05, 0) is 37.1 Å². The van der Waals surface area contributed by atoms with E-state index in [1.807, 2.05) is 19.1 Å². The molecule has 20 heavy (non-hydrogen) atoms. The predicted molar refractivity (Wildman–Crippen MR) is 77.1 cm³/mol. The molecule has 1 aromatic heterocycles. The van der Waals surface area contributed by atoms with Crippen molar-refractivity contribution in [3.8, 4) is 6.07 Å². The third kappa shape index (κ3) is 2.89. The number of aromatic nitrogens is 1. The number of hydrogen-bond acceptors (Lipinski definition) is 3. The topological polar surface area (TPSA) is 48.7 Å². The van der Waals surface area contributed by atoms with E-state index in [-0.39, 0.29) is 16.9 Å². The summed E-state index contributed by atoms with van der Waals surface area (Å²) in [5, 5.41) is 12.3. The zero-order chi connectivity index (χ0) is 14.7. The van der Waals surface area contributed by atoms with Crippen LogP contribution in [0.3, 0.4) is 0 Å². The Morgan fingerprint density at radius 3 is 2.80 bits per heavy atom. The molecular formula is C15H13ClFN3. The van der Waals surface area contributed by atoms with Crippen molar-refractivity contribution in [1.82, 2.24) is 4.98 Å². The first kappa shape index (κ1) is 14.3. The van der Waals surface area contributed by atoms with Crippen molar-refractivity contribution in [3.63, 3.8) is 0 Å². The minimum Gasteiger partial charge on any atom is -0.362 e. The molecule has 0 radical (unpaired) electrons. The predicted octanol–water partition coefficient (Wildman–Crippen LogP) is 4.23. The Hall–Kier alpha value is -2.12. The number of nitriles is 1. The number of pyridine rings is 1. The Kier molecular flexibility index (Phi) is 4.21. The van der Waals surface area contributed by atoms with Gasteiger partial charge in [-0.15, -0.1) is 0 Å². The number of anilines is 1. The highest BCUT2D eigenvalue weighted by molar-refractivity contribution is 6.34. The fourth-order valence-corrected chi connectivity index (χ4v) is 2.01. The third-order valence-corrected chi connectivity index (χ3v) is 3.44. The first-order chi connectivity index (χ1) is 9.52. The van der Waals surface area contributed by atoms with Crippen molar-refractivity contribution in [2.75, 3.05) is 5.32 Å². The quantitative estimate of drug-likeness (QED) is 0.920. The molecule has 5 heteroatoms. The Morgan fingerprint density at radius 1 is 1.40 bits per heavy atom. The Bertz CT molecular complexity index is 679. The summed E-state index contributed by atoms with van der Waals surface area (Å²) in [6.45, 7) is 3.59. The summed E-state index contributed by atoms with van der Waals surface area (Å²) >= 11 is 6.08. The van der Waals surface area contributed by atoms with Crippen LogP contribution in [0.4, 0.5) is 10.2 Å². The maximum absolute atomic E-state index is 13.6. The molecule has 0 fully saturated rings. The fraction of sp³-hybridized carbons (Fsp3) is 0.200. The number of halogens is 2. The molecule has 0 bridgehead atoms. The zero-order valence-corrected chi connectivity index (χ0v) is 11.9. The summed E-state index contributed by atoms with van der Waals surface area (Å²) in [6.07, 6.45) is 1.51. The van der Waals surface area contributed by atoms with Gasteiger partial charge in [0.1, 0.15) is 22.7 Å². The van der Waals surface area contributed by atoms with Crippen molar-refractivity contribution in [3.05, 3.63) is 58.0 Å². The van der Waals surface area contributed by atoms with E-state index < -0.39 is 0 Å². The van der Waals surface area contributed by atoms with Crippen LogP contribution in [0.1, 0.15) is 29.7 Å². The van der Waals surface area contributed by atoms with Gasteiger partial charge in [-0.25, -0.2) is 9.37 Å². The molecule has 0 aliphatic rings. The van der Waals surface area contributed by atoms with Gasteiger partial charge in [0.25, 0.3) is 0 Å². The van der Waals surface area contributed by atoms with Gasteiger partial charge in [-0.1, -0.05) is 23.7 Å². The molecule has 0 aliphatic carbocycles.